The molecule has 1 N–H and O–H groups in total. The van der Waals surface area contributed by atoms with Crippen LogP contribution in [-0.2, 0) is 4.57 Å². The summed E-state index contributed by atoms with van der Waals surface area (Å²) >= 11 is 19.6. The van der Waals surface area contributed by atoms with Gasteiger partial charge in [0.1, 0.15) is 34.1 Å². The fourth-order valence-corrected chi connectivity index (χ4v) is 2.64. The Morgan fingerprint density at radius 3 is 1.91 bits per heavy atom. The highest BCUT2D eigenvalue weighted by atomic mass is 36.0. The van der Waals surface area contributed by atoms with Crippen molar-refractivity contribution in [1.82, 2.24) is 0 Å². The number of hydrogen-bond acceptors (Lipinski definition) is 7. The molecular weight excluding hydrogens is 582 g/mol. The zero-order valence-electron chi connectivity index (χ0n) is 17.8. The minimum absolute atomic E-state index is 0.0873. The Kier molecular flexibility index (Phi) is 11.1. The van der Waals surface area contributed by atoms with Gasteiger partial charge >= 0.3 is 16.5 Å². The Labute approximate surface area is 214 Å². The summed E-state index contributed by atoms with van der Waals surface area (Å²) in [6.07, 6.45) is 0.290. The van der Waals surface area contributed by atoms with Gasteiger partial charge in [-0.2, -0.15) is 0 Å². The second kappa shape index (κ2) is 13.6. The highest BCUT2D eigenvalue weighted by Gasteiger charge is 2.12. The second-order valence-corrected chi connectivity index (χ2v) is 12.9. The maximum absolute atomic E-state index is 12.9. The van der Waals surface area contributed by atoms with Crippen molar-refractivity contribution in [3.05, 3.63) is 85.5 Å². The molecule has 4 aromatic rings. The van der Waals surface area contributed by atoms with Crippen LogP contribution >= 0.6 is 50.5 Å². The lowest BCUT2D eigenvalue weighted by Crippen LogP contribution is -2.07. The molecule has 0 bridgehead atoms. The molecule has 0 atom stereocenters. The summed E-state index contributed by atoms with van der Waals surface area (Å²) in [4.78, 5) is 32.5. The van der Waals surface area contributed by atoms with E-state index in [-0.39, 0.29) is 38.3 Å². The van der Waals surface area contributed by atoms with Gasteiger partial charge in [-0.3, -0.25) is 13.8 Å². The number of carbonyl (C=O) groups is 1. The van der Waals surface area contributed by atoms with Gasteiger partial charge in [0.05, 0.1) is 25.0 Å². The molecule has 0 fully saturated rings. The van der Waals surface area contributed by atoms with Crippen molar-refractivity contribution < 1.29 is 37.8 Å². The predicted molar refractivity (Wildman–Crippen MR) is 129 cm³/mol. The van der Waals surface area contributed by atoms with Crippen LogP contribution in [0.4, 0.5) is 13.2 Å². The molecule has 0 aliphatic rings. The fourth-order valence-electron chi connectivity index (χ4n) is 2.37. The van der Waals surface area contributed by atoms with Crippen LogP contribution in [0.15, 0.2) is 60.9 Å². The van der Waals surface area contributed by atoms with Crippen molar-refractivity contribution in [3.63, 3.8) is 0 Å². The molecule has 0 amide bonds. The van der Waals surface area contributed by atoms with Crippen LogP contribution in [0.2, 0.25) is 5.02 Å². The number of benzene rings is 2. The number of alkyl halides is 1. The predicted octanol–water partition coefficient (Wildman–Crippen LogP) is 7.43. The minimum Gasteiger partial charge on any atom is -0.507 e. The standard InChI is InChI=1S/C10H4ClFO3.C9H5FO3.CH3F.Cl3OP/c11-9-6-3-5(12)1-2-8(6)15-10(14)7(9)4-13;10-5-1-2-8-6(3-5)7(11)4-9(12)13-8;1-2;1-5(2,3)4/h1-4H;1-4,11H;1H3;/i;;1D;. The van der Waals surface area contributed by atoms with Crippen LogP contribution in [0.3, 0.4) is 0 Å². The zero-order chi connectivity index (χ0) is 27.6. The summed E-state index contributed by atoms with van der Waals surface area (Å²) in [6.45, 7) is 0. The van der Waals surface area contributed by atoms with E-state index in [2.05, 4.69) is 33.7 Å². The van der Waals surface area contributed by atoms with E-state index in [1.54, 1.807) is 0 Å². The summed E-state index contributed by atoms with van der Waals surface area (Å²) in [7, 11) is -1.00. The molecule has 35 heavy (non-hydrogen) atoms. The molecule has 0 spiro atoms. The van der Waals surface area contributed by atoms with Crippen LogP contribution in [0.5, 0.6) is 5.75 Å². The number of halogens is 7. The van der Waals surface area contributed by atoms with E-state index in [9.17, 15) is 37.2 Å². The summed E-state index contributed by atoms with van der Waals surface area (Å²) in [6, 6.07) is 7.99. The highest BCUT2D eigenvalue weighted by molar-refractivity contribution is 8.24. The summed E-state index contributed by atoms with van der Waals surface area (Å²) in [5.41, 5.74) is -1.45. The van der Waals surface area contributed by atoms with Crippen molar-refractivity contribution in [3.8, 4) is 5.75 Å². The highest BCUT2D eigenvalue weighted by Crippen LogP contribution is 2.61. The lowest BCUT2D eigenvalue weighted by Gasteiger charge is -2.00. The van der Waals surface area contributed by atoms with Crippen LogP contribution in [0.1, 0.15) is 11.7 Å². The lowest BCUT2D eigenvalue weighted by atomic mass is 10.2. The molecular formula is C20H12Cl4F3O7P. The minimum atomic E-state index is -3.22. The largest absolute Gasteiger partial charge is 0.507 e. The Bertz CT molecular complexity index is 1520. The van der Waals surface area contributed by atoms with Gasteiger partial charge in [-0.25, -0.2) is 18.4 Å². The number of hydrogen-bond donors (Lipinski definition) is 1. The molecule has 0 aliphatic heterocycles. The third-order valence-electron chi connectivity index (χ3n) is 3.64. The molecule has 2 aromatic carbocycles. The molecule has 2 heterocycles. The van der Waals surface area contributed by atoms with E-state index >= 15 is 0 Å². The first-order valence-electron chi connectivity index (χ1n) is 9.26. The van der Waals surface area contributed by atoms with Crippen molar-refractivity contribution in [2.45, 2.75) is 0 Å². The zero-order valence-corrected chi connectivity index (χ0v) is 20.7. The van der Waals surface area contributed by atoms with Gasteiger partial charge in [0, 0.05) is 5.39 Å². The van der Waals surface area contributed by atoms with Gasteiger partial charge in [-0.1, -0.05) is 11.6 Å². The maximum Gasteiger partial charge on any atom is 0.348 e. The topological polar surface area (TPSA) is 115 Å². The van der Waals surface area contributed by atoms with E-state index in [1.165, 1.54) is 12.1 Å². The molecule has 15 heteroatoms. The first-order valence-corrected chi connectivity index (χ1v) is 13.3. The SMILES string of the molecule is O=Cc1c(Cl)c2cc(F)ccc2oc1=O.O=P(Cl)(Cl)Cl.O=c1cc(O)c2cc(F)ccc2o1.[2H]CF. The monoisotopic (exact) mass is 593 g/mol. The number of carbonyl (C=O) groups excluding carboxylic acids is 1. The van der Waals surface area contributed by atoms with Crippen LogP contribution in [-0.4, -0.2) is 18.5 Å². The summed E-state index contributed by atoms with van der Waals surface area (Å²) in [5, 5.41) is 6.34. The van der Waals surface area contributed by atoms with Crippen LogP contribution < -0.4 is 11.3 Å². The lowest BCUT2D eigenvalue weighted by molar-refractivity contribution is 0.112. The summed E-state index contributed by atoms with van der Waals surface area (Å²) in [5.74, 6) is -1.28. The number of aromatic hydroxyl groups is 1. The Morgan fingerprint density at radius 2 is 1.43 bits per heavy atom. The average molecular weight is 595 g/mol. The Morgan fingerprint density at radius 1 is 0.971 bits per heavy atom. The summed E-state index contributed by atoms with van der Waals surface area (Å²) < 4.78 is 60.1. The Balaban J connectivity index is 0.000000281. The number of aldehydes is 1. The van der Waals surface area contributed by atoms with Gasteiger partial charge in [-0.05, 0) is 70.1 Å². The van der Waals surface area contributed by atoms with E-state index in [4.69, 9.17) is 21.8 Å². The van der Waals surface area contributed by atoms with Crippen LogP contribution in [0, 0.1) is 11.6 Å². The third kappa shape index (κ3) is 9.58. The van der Waals surface area contributed by atoms with E-state index in [0.717, 1.165) is 30.3 Å². The van der Waals surface area contributed by atoms with E-state index in [0.29, 0.717) is 6.29 Å². The van der Waals surface area contributed by atoms with Gasteiger partial charge in [0.15, 0.2) is 6.29 Å². The van der Waals surface area contributed by atoms with Crippen molar-refractivity contribution in [2.24, 2.45) is 0 Å². The van der Waals surface area contributed by atoms with Crippen molar-refractivity contribution >= 4 is 78.7 Å². The smallest absolute Gasteiger partial charge is 0.348 e. The normalized spacial score (nSPS) is 10.7. The van der Waals surface area contributed by atoms with Gasteiger partial charge in [-0.15, -0.1) is 0 Å². The van der Waals surface area contributed by atoms with Gasteiger partial charge in [0.25, 0.3) is 0 Å². The first kappa shape index (κ1) is 28.7. The van der Waals surface area contributed by atoms with Crippen molar-refractivity contribution in [2.75, 3.05) is 7.15 Å². The molecule has 0 unspecified atom stereocenters. The molecule has 2 aromatic heterocycles. The van der Waals surface area contributed by atoms with Crippen molar-refractivity contribution in [1.29, 1.82) is 0 Å². The number of fused-ring (bicyclic) bond motifs is 2. The average Bonchev–Trinajstić information content (AvgIpc) is 2.75. The number of rotatable bonds is 1. The van der Waals surface area contributed by atoms with Gasteiger partial charge < -0.3 is 13.9 Å². The molecule has 188 valence electrons. The van der Waals surface area contributed by atoms with Crippen LogP contribution in [0.25, 0.3) is 21.9 Å². The Hall–Kier alpha value is -2.49. The first-order chi connectivity index (χ1) is 16.7. The maximum atomic E-state index is 12.9. The molecule has 0 saturated heterocycles. The third-order valence-corrected chi connectivity index (χ3v) is 4.04. The van der Waals surface area contributed by atoms with E-state index < -0.39 is 35.2 Å². The van der Waals surface area contributed by atoms with Gasteiger partial charge in [0.2, 0.25) is 0 Å². The quantitative estimate of drug-likeness (QED) is 0.138. The van der Waals surface area contributed by atoms with E-state index in [1.807, 2.05) is 0 Å². The molecule has 7 nitrogen and oxygen atoms in total. The molecule has 0 aliphatic carbocycles. The second-order valence-electron chi connectivity index (χ2n) is 5.87. The fraction of sp³-hybridized carbons (Fsp3) is 0.0500. The molecule has 0 radical (unpaired) electrons. The molecule has 0 saturated carbocycles. The molecule has 4 rings (SSSR count).